The van der Waals surface area contributed by atoms with Gasteiger partial charge in [-0.1, -0.05) is 0 Å². The van der Waals surface area contributed by atoms with Gasteiger partial charge < -0.3 is 14.6 Å². The van der Waals surface area contributed by atoms with E-state index in [1.807, 2.05) is 0 Å². The highest BCUT2D eigenvalue weighted by molar-refractivity contribution is 5.36. The lowest BCUT2D eigenvalue weighted by Gasteiger charge is -2.19. The lowest BCUT2D eigenvalue weighted by Crippen LogP contribution is -2.17. The van der Waals surface area contributed by atoms with Crippen molar-refractivity contribution in [2.24, 2.45) is 0 Å². The molecule has 2 atom stereocenters. The van der Waals surface area contributed by atoms with E-state index in [0.717, 1.165) is 0 Å². The van der Waals surface area contributed by atoms with Crippen LogP contribution in [0.25, 0.3) is 0 Å². The summed E-state index contributed by atoms with van der Waals surface area (Å²) in [4.78, 5) is 0. The zero-order chi connectivity index (χ0) is 11.4. The molecule has 0 spiro atoms. The van der Waals surface area contributed by atoms with Crippen LogP contribution in [-0.2, 0) is 4.74 Å². The number of halogens is 1. The topological polar surface area (TPSA) is 38.7 Å². The normalized spacial score (nSPS) is 14.7. The molecule has 15 heavy (non-hydrogen) atoms. The Labute approximate surface area is 88.4 Å². The predicted octanol–water partition coefficient (Wildman–Crippen LogP) is 1.90. The SMILES string of the molecule is COc1ccc(F)cc1C(O)C(C)OC. The molecule has 4 heteroatoms. The smallest absolute Gasteiger partial charge is 0.124 e. The van der Waals surface area contributed by atoms with Crippen molar-refractivity contribution < 1.29 is 19.0 Å². The fourth-order valence-corrected chi connectivity index (χ4v) is 1.32. The molecule has 1 aromatic rings. The van der Waals surface area contributed by atoms with Crippen LogP contribution in [0.3, 0.4) is 0 Å². The molecular formula is C11H15FO3. The van der Waals surface area contributed by atoms with Crippen molar-refractivity contribution in [1.82, 2.24) is 0 Å². The number of aliphatic hydroxyl groups excluding tert-OH is 1. The Morgan fingerprint density at radius 3 is 2.53 bits per heavy atom. The summed E-state index contributed by atoms with van der Waals surface area (Å²) in [5.41, 5.74) is 0.395. The van der Waals surface area contributed by atoms with E-state index >= 15 is 0 Å². The third-order valence-corrected chi connectivity index (χ3v) is 2.33. The van der Waals surface area contributed by atoms with E-state index in [4.69, 9.17) is 9.47 Å². The molecule has 0 saturated heterocycles. The first kappa shape index (κ1) is 11.9. The van der Waals surface area contributed by atoms with E-state index in [1.54, 1.807) is 6.92 Å². The molecule has 0 bridgehead atoms. The van der Waals surface area contributed by atoms with E-state index in [9.17, 15) is 9.50 Å². The van der Waals surface area contributed by atoms with Gasteiger partial charge in [-0.25, -0.2) is 4.39 Å². The monoisotopic (exact) mass is 214 g/mol. The minimum absolute atomic E-state index is 0.395. The number of ether oxygens (including phenoxy) is 2. The molecule has 0 aliphatic carbocycles. The van der Waals surface area contributed by atoms with Gasteiger partial charge in [-0.15, -0.1) is 0 Å². The summed E-state index contributed by atoms with van der Waals surface area (Å²) in [6.45, 7) is 1.70. The Balaban J connectivity index is 3.05. The van der Waals surface area contributed by atoms with E-state index in [-0.39, 0.29) is 0 Å². The number of rotatable bonds is 4. The van der Waals surface area contributed by atoms with Gasteiger partial charge in [-0.05, 0) is 25.1 Å². The van der Waals surface area contributed by atoms with E-state index in [0.29, 0.717) is 11.3 Å². The van der Waals surface area contributed by atoms with Crippen LogP contribution in [0.4, 0.5) is 4.39 Å². The van der Waals surface area contributed by atoms with Gasteiger partial charge >= 0.3 is 0 Å². The van der Waals surface area contributed by atoms with Crippen molar-refractivity contribution in [2.75, 3.05) is 14.2 Å². The zero-order valence-electron chi connectivity index (χ0n) is 9.03. The van der Waals surface area contributed by atoms with Crippen LogP contribution in [0.15, 0.2) is 18.2 Å². The Morgan fingerprint density at radius 2 is 2.00 bits per heavy atom. The summed E-state index contributed by atoms with van der Waals surface area (Å²) in [6.07, 6.45) is -1.32. The van der Waals surface area contributed by atoms with Gasteiger partial charge in [0.25, 0.3) is 0 Å². The molecule has 1 rings (SSSR count). The van der Waals surface area contributed by atoms with Gasteiger partial charge in [0, 0.05) is 12.7 Å². The average molecular weight is 214 g/mol. The summed E-state index contributed by atoms with van der Waals surface area (Å²) < 4.78 is 23.0. The van der Waals surface area contributed by atoms with Gasteiger partial charge in [0.05, 0.1) is 13.2 Å². The molecule has 0 aliphatic heterocycles. The summed E-state index contributed by atoms with van der Waals surface area (Å²) in [5, 5.41) is 9.85. The number of methoxy groups -OCH3 is 2. The molecule has 0 heterocycles. The number of hydrogen-bond acceptors (Lipinski definition) is 3. The van der Waals surface area contributed by atoms with Crippen molar-refractivity contribution in [3.63, 3.8) is 0 Å². The highest BCUT2D eigenvalue weighted by Crippen LogP contribution is 2.28. The molecule has 0 saturated carbocycles. The first-order valence-electron chi connectivity index (χ1n) is 4.64. The lowest BCUT2D eigenvalue weighted by molar-refractivity contribution is -0.00264. The molecule has 1 aromatic carbocycles. The largest absolute Gasteiger partial charge is 0.496 e. The summed E-state index contributed by atoms with van der Waals surface area (Å²) in [5.74, 6) is 0.0425. The van der Waals surface area contributed by atoms with E-state index < -0.39 is 18.0 Å². The fraction of sp³-hybridized carbons (Fsp3) is 0.455. The molecule has 0 aliphatic rings. The Hall–Kier alpha value is -1.13. The van der Waals surface area contributed by atoms with Gasteiger partial charge in [0.15, 0.2) is 0 Å². The average Bonchev–Trinajstić information content (AvgIpc) is 2.27. The minimum Gasteiger partial charge on any atom is -0.496 e. The van der Waals surface area contributed by atoms with E-state index in [2.05, 4.69) is 0 Å². The van der Waals surface area contributed by atoms with Crippen LogP contribution in [0.5, 0.6) is 5.75 Å². The second-order valence-electron chi connectivity index (χ2n) is 3.27. The molecular weight excluding hydrogens is 199 g/mol. The summed E-state index contributed by atoms with van der Waals surface area (Å²) in [7, 11) is 2.96. The zero-order valence-corrected chi connectivity index (χ0v) is 9.03. The highest BCUT2D eigenvalue weighted by Gasteiger charge is 2.20. The number of benzene rings is 1. The Kier molecular flexibility index (Phi) is 4.05. The summed E-state index contributed by atoms with van der Waals surface area (Å²) >= 11 is 0. The number of aliphatic hydroxyl groups is 1. The van der Waals surface area contributed by atoms with Crippen LogP contribution in [0.2, 0.25) is 0 Å². The molecule has 1 N–H and O–H groups in total. The van der Waals surface area contributed by atoms with E-state index in [1.165, 1.54) is 32.4 Å². The minimum atomic E-state index is -0.902. The van der Waals surface area contributed by atoms with Crippen molar-refractivity contribution in [3.8, 4) is 5.75 Å². The fourth-order valence-electron chi connectivity index (χ4n) is 1.32. The van der Waals surface area contributed by atoms with Crippen molar-refractivity contribution in [1.29, 1.82) is 0 Å². The Morgan fingerprint density at radius 1 is 1.33 bits per heavy atom. The number of hydrogen-bond donors (Lipinski definition) is 1. The van der Waals surface area contributed by atoms with Crippen LogP contribution in [0.1, 0.15) is 18.6 Å². The molecule has 0 fully saturated rings. The van der Waals surface area contributed by atoms with Crippen molar-refractivity contribution in [3.05, 3.63) is 29.6 Å². The molecule has 2 unspecified atom stereocenters. The van der Waals surface area contributed by atoms with Crippen LogP contribution >= 0.6 is 0 Å². The second-order valence-corrected chi connectivity index (χ2v) is 3.27. The molecule has 0 aromatic heterocycles. The van der Waals surface area contributed by atoms with Crippen LogP contribution in [-0.4, -0.2) is 25.4 Å². The molecule has 0 amide bonds. The van der Waals surface area contributed by atoms with Crippen LogP contribution < -0.4 is 4.74 Å². The van der Waals surface area contributed by atoms with Gasteiger partial charge in [-0.3, -0.25) is 0 Å². The summed E-state index contributed by atoms with van der Waals surface area (Å²) in [6, 6.07) is 4.02. The molecule has 0 radical (unpaired) electrons. The van der Waals surface area contributed by atoms with Gasteiger partial charge in [0.2, 0.25) is 0 Å². The first-order chi connectivity index (χ1) is 7.10. The van der Waals surface area contributed by atoms with Crippen molar-refractivity contribution in [2.45, 2.75) is 19.1 Å². The second kappa shape index (κ2) is 5.09. The highest BCUT2D eigenvalue weighted by atomic mass is 19.1. The lowest BCUT2D eigenvalue weighted by atomic mass is 10.0. The Bertz CT molecular complexity index is 328. The predicted molar refractivity (Wildman–Crippen MR) is 54.4 cm³/mol. The third-order valence-electron chi connectivity index (χ3n) is 2.33. The quantitative estimate of drug-likeness (QED) is 0.832. The standard InChI is InChI=1S/C11H15FO3/c1-7(14-2)11(13)9-6-8(12)4-5-10(9)15-3/h4-7,11,13H,1-3H3. The molecule has 3 nitrogen and oxygen atoms in total. The molecule has 84 valence electrons. The van der Waals surface area contributed by atoms with Gasteiger partial charge in [-0.2, -0.15) is 0 Å². The van der Waals surface area contributed by atoms with Crippen LogP contribution in [0, 0.1) is 5.82 Å². The van der Waals surface area contributed by atoms with Gasteiger partial charge in [0.1, 0.15) is 17.7 Å². The maximum absolute atomic E-state index is 13.0. The third kappa shape index (κ3) is 2.67. The first-order valence-corrected chi connectivity index (χ1v) is 4.64. The van der Waals surface area contributed by atoms with Crippen molar-refractivity contribution >= 4 is 0 Å². The maximum Gasteiger partial charge on any atom is 0.124 e. The maximum atomic E-state index is 13.0.